The van der Waals surface area contributed by atoms with Crippen molar-refractivity contribution in [1.82, 2.24) is 24.8 Å². The van der Waals surface area contributed by atoms with E-state index >= 15 is 0 Å². The van der Waals surface area contributed by atoms with Gasteiger partial charge in [0.2, 0.25) is 21.7 Å². The summed E-state index contributed by atoms with van der Waals surface area (Å²) in [4.78, 5) is 12.9. The number of benzene rings is 1. The van der Waals surface area contributed by atoms with Crippen molar-refractivity contribution < 1.29 is 12.9 Å². The molecule has 0 aliphatic carbocycles. The van der Waals surface area contributed by atoms with Gasteiger partial charge in [0, 0.05) is 29.5 Å². The number of pyridine rings is 2. The fourth-order valence-electron chi connectivity index (χ4n) is 3.20. The van der Waals surface area contributed by atoms with Crippen LogP contribution in [0.2, 0.25) is 0 Å². The maximum absolute atomic E-state index is 13.3. The van der Waals surface area contributed by atoms with E-state index in [1.807, 2.05) is 26.8 Å². The summed E-state index contributed by atoms with van der Waals surface area (Å²) in [6.45, 7) is 5.67. The molecule has 4 rings (SSSR count). The van der Waals surface area contributed by atoms with Crippen molar-refractivity contribution in [2.45, 2.75) is 31.7 Å². The fourth-order valence-corrected chi connectivity index (χ4v) is 4.73. The number of sulfonamides is 1. The lowest BCUT2D eigenvalue weighted by Crippen LogP contribution is -2.32. The molecular weight excluding hydrogens is 402 g/mol. The molecule has 0 aliphatic heterocycles. The lowest BCUT2D eigenvalue weighted by Gasteiger charge is -2.19. The summed E-state index contributed by atoms with van der Waals surface area (Å²) in [5, 5.41) is 4.55. The average molecular weight is 423 g/mol. The molecule has 0 bridgehead atoms. The van der Waals surface area contributed by atoms with Crippen LogP contribution in [0.5, 0.6) is 0 Å². The summed E-state index contributed by atoms with van der Waals surface area (Å²) in [6.07, 6.45) is 4.92. The molecule has 154 valence electrons. The van der Waals surface area contributed by atoms with Crippen LogP contribution in [-0.4, -0.2) is 28.5 Å². The van der Waals surface area contributed by atoms with E-state index in [0.29, 0.717) is 22.3 Å². The van der Waals surface area contributed by atoms with Crippen LogP contribution < -0.4 is 4.72 Å². The number of aromatic nitrogens is 4. The number of nitrogens with zero attached hydrogens (tertiary/aromatic N) is 4. The largest absolute Gasteiger partial charge is 0.337 e. The van der Waals surface area contributed by atoms with Crippen molar-refractivity contribution in [3.63, 3.8) is 0 Å². The smallest absolute Gasteiger partial charge is 0.245 e. The zero-order chi connectivity index (χ0) is 21.3. The Bertz CT molecular complexity index is 1290. The maximum Gasteiger partial charge on any atom is 0.245 e. The second-order valence-corrected chi connectivity index (χ2v) is 9.00. The van der Waals surface area contributed by atoms with Gasteiger partial charge < -0.3 is 4.52 Å². The summed E-state index contributed by atoms with van der Waals surface area (Å²) >= 11 is 0. The standard InChI is InChI=1S/C21H21N5O3S/c1-13(2)18(21-24-20(25-29-21)15-6-4-10-22-12-15)26-30(27,28)17-9-8-14(3)19-16(17)7-5-11-23-19/h4-13,18,26H,1-3H3. The molecule has 0 radical (unpaired) electrons. The van der Waals surface area contributed by atoms with E-state index < -0.39 is 16.1 Å². The minimum Gasteiger partial charge on any atom is -0.337 e. The van der Waals surface area contributed by atoms with E-state index in [9.17, 15) is 8.42 Å². The Kier molecular flexibility index (Phi) is 5.31. The van der Waals surface area contributed by atoms with Crippen LogP contribution in [0, 0.1) is 12.8 Å². The van der Waals surface area contributed by atoms with E-state index in [2.05, 4.69) is 24.8 Å². The number of nitrogens with one attached hydrogen (secondary N) is 1. The zero-order valence-corrected chi connectivity index (χ0v) is 17.6. The first-order valence-corrected chi connectivity index (χ1v) is 11.0. The van der Waals surface area contributed by atoms with Gasteiger partial charge in [0.25, 0.3) is 0 Å². The molecule has 30 heavy (non-hydrogen) atoms. The van der Waals surface area contributed by atoms with Gasteiger partial charge in [-0.15, -0.1) is 0 Å². The fraction of sp³-hybridized carbons (Fsp3) is 0.238. The monoisotopic (exact) mass is 423 g/mol. The molecule has 1 aromatic carbocycles. The van der Waals surface area contributed by atoms with Crippen LogP contribution in [0.4, 0.5) is 0 Å². The highest BCUT2D eigenvalue weighted by molar-refractivity contribution is 7.89. The first-order chi connectivity index (χ1) is 14.4. The molecule has 1 N–H and O–H groups in total. The molecule has 0 aliphatic rings. The quantitative estimate of drug-likeness (QED) is 0.504. The predicted octanol–water partition coefficient (Wildman–Crippen LogP) is 3.66. The number of aryl methyl sites for hydroxylation is 1. The van der Waals surface area contributed by atoms with E-state index in [0.717, 1.165) is 5.56 Å². The second kappa shape index (κ2) is 7.92. The number of fused-ring (bicyclic) bond motifs is 1. The lowest BCUT2D eigenvalue weighted by atomic mass is 10.1. The van der Waals surface area contributed by atoms with Crippen molar-refractivity contribution in [1.29, 1.82) is 0 Å². The lowest BCUT2D eigenvalue weighted by molar-refractivity contribution is 0.311. The molecule has 0 saturated heterocycles. The molecule has 0 spiro atoms. The van der Waals surface area contributed by atoms with E-state index in [-0.39, 0.29) is 16.7 Å². The molecule has 0 saturated carbocycles. The van der Waals surface area contributed by atoms with E-state index in [1.54, 1.807) is 48.9 Å². The average Bonchev–Trinajstić information content (AvgIpc) is 3.23. The van der Waals surface area contributed by atoms with Crippen molar-refractivity contribution >= 4 is 20.9 Å². The van der Waals surface area contributed by atoms with Crippen molar-refractivity contribution in [3.05, 3.63) is 66.4 Å². The SMILES string of the molecule is Cc1ccc(S(=O)(=O)NC(c2nc(-c3cccnc3)no2)C(C)C)c2cccnc12. The summed E-state index contributed by atoms with van der Waals surface area (Å²) in [5.74, 6) is 0.423. The van der Waals surface area contributed by atoms with Gasteiger partial charge in [-0.3, -0.25) is 9.97 Å². The van der Waals surface area contributed by atoms with E-state index in [1.165, 1.54) is 0 Å². The zero-order valence-electron chi connectivity index (χ0n) is 16.8. The third kappa shape index (κ3) is 3.81. The highest BCUT2D eigenvalue weighted by atomic mass is 32.2. The summed E-state index contributed by atoms with van der Waals surface area (Å²) in [7, 11) is -3.88. The molecule has 3 heterocycles. The van der Waals surface area contributed by atoms with Gasteiger partial charge in [0.05, 0.1) is 10.4 Å². The van der Waals surface area contributed by atoms with Gasteiger partial charge in [-0.2, -0.15) is 9.71 Å². The molecular formula is C21H21N5O3S. The molecule has 0 amide bonds. The molecule has 9 heteroatoms. The Morgan fingerprint density at radius 1 is 1.07 bits per heavy atom. The number of hydrogen-bond donors (Lipinski definition) is 1. The first kappa shape index (κ1) is 20.1. The van der Waals surface area contributed by atoms with Gasteiger partial charge in [-0.25, -0.2) is 8.42 Å². The Hall–Kier alpha value is -3.17. The molecule has 1 unspecified atom stereocenters. The molecule has 1 atom stereocenters. The minimum atomic E-state index is -3.88. The van der Waals surface area contributed by atoms with Crippen LogP contribution in [0.3, 0.4) is 0 Å². The second-order valence-electron chi connectivity index (χ2n) is 7.32. The van der Waals surface area contributed by atoms with Crippen LogP contribution >= 0.6 is 0 Å². The predicted molar refractivity (Wildman–Crippen MR) is 112 cm³/mol. The highest BCUT2D eigenvalue weighted by Gasteiger charge is 2.30. The Morgan fingerprint density at radius 3 is 2.60 bits per heavy atom. The van der Waals surface area contributed by atoms with Crippen LogP contribution in [0.15, 0.2) is 64.4 Å². The normalized spacial score (nSPS) is 13.1. The van der Waals surface area contributed by atoms with Crippen LogP contribution in [-0.2, 0) is 10.0 Å². The topological polar surface area (TPSA) is 111 Å². The van der Waals surface area contributed by atoms with Crippen LogP contribution in [0.1, 0.15) is 31.3 Å². The van der Waals surface area contributed by atoms with E-state index in [4.69, 9.17) is 4.52 Å². The van der Waals surface area contributed by atoms with Crippen molar-refractivity contribution in [3.8, 4) is 11.4 Å². The number of hydrogen-bond acceptors (Lipinski definition) is 7. The minimum absolute atomic E-state index is 0.128. The van der Waals surface area contributed by atoms with Gasteiger partial charge in [0.15, 0.2) is 0 Å². The summed E-state index contributed by atoms with van der Waals surface area (Å²) in [5.41, 5.74) is 2.24. The Labute approximate surface area is 174 Å². The third-order valence-electron chi connectivity index (χ3n) is 4.80. The highest BCUT2D eigenvalue weighted by Crippen LogP contribution is 2.28. The Balaban J connectivity index is 1.71. The number of rotatable bonds is 6. The molecule has 3 aromatic heterocycles. The first-order valence-electron chi connectivity index (χ1n) is 9.47. The van der Waals surface area contributed by atoms with Crippen molar-refractivity contribution in [2.24, 2.45) is 5.92 Å². The molecule has 0 fully saturated rings. The Morgan fingerprint density at radius 2 is 1.87 bits per heavy atom. The van der Waals surface area contributed by atoms with Gasteiger partial charge in [-0.1, -0.05) is 25.1 Å². The molecule has 8 nitrogen and oxygen atoms in total. The third-order valence-corrected chi connectivity index (χ3v) is 6.30. The maximum atomic E-state index is 13.3. The van der Waals surface area contributed by atoms with Crippen LogP contribution in [0.25, 0.3) is 22.3 Å². The summed E-state index contributed by atoms with van der Waals surface area (Å²) in [6, 6.07) is 9.70. The van der Waals surface area contributed by atoms with Crippen molar-refractivity contribution in [2.75, 3.05) is 0 Å². The summed E-state index contributed by atoms with van der Waals surface area (Å²) < 4.78 is 34.7. The van der Waals surface area contributed by atoms with Gasteiger partial charge in [-0.05, 0) is 48.7 Å². The van der Waals surface area contributed by atoms with Gasteiger partial charge >= 0.3 is 0 Å². The van der Waals surface area contributed by atoms with Gasteiger partial charge in [0.1, 0.15) is 6.04 Å². The molecule has 4 aromatic rings.